The van der Waals surface area contributed by atoms with Crippen LogP contribution in [0.15, 0.2) is 24.3 Å². The molecule has 3 N–H and O–H groups in total. The number of nitrogens with one attached hydrogen (secondary N) is 3. The minimum Gasteiger partial charge on any atom is -0.378 e. The van der Waals surface area contributed by atoms with Crippen molar-refractivity contribution in [1.82, 2.24) is 10.6 Å². The highest BCUT2D eigenvalue weighted by atomic mass is 16.5. The molecule has 1 heterocycles. The Morgan fingerprint density at radius 3 is 2.95 bits per heavy atom. The maximum absolute atomic E-state index is 12.0. The molecule has 0 aliphatic carbocycles. The Kier molecular flexibility index (Phi) is 4.48. The van der Waals surface area contributed by atoms with Gasteiger partial charge in [0.05, 0.1) is 13.2 Å². The number of morpholine rings is 1. The number of anilines is 1. The number of hydrogen-bond donors (Lipinski definition) is 3. The van der Waals surface area contributed by atoms with Crippen LogP contribution in [0, 0.1) is 0 Å². The summed E-state index contributed by atoms with van der Waals surface area (Å²) < 4.78 is 5.23. The van der Waals surface area contributed by atoms with Gasteiger partial charge < -0.3 is 20.7 Å². The molecule has 1 atom stereocenters. The predicted octanol–water partition coefficient (Wildman–Crippen LogP) is -0.0269. The topological polar surface area (TPSA) is 79.5 Å². The normalized spacial score (nSPS) is 18.7. The van der Waals surface area contributed by atoms with Gasteiger partial charge in [-0.2, -0.15) is 0 Å². The molecule has 1 aliphatic rings. The van der Waals surface area contributed by atoms with Gasteiger partial charge in [0.15, 0.2) is 0 Å². The molecule has 2 amide bonds. The number of amides is 2. The first-order valence-corrected chi connectivity index (χ1v) is 6.15. The van der Waals surface area contributed by atoms with E-state index in [9.17, 15) is 9.59 Å². The fourth-order valence-corrected chi connectivity index (χ4v) is 1.85. The molecule has 0 bridgehead atoms. The SMILES string of the molecule is CNC(=O)c1cccc(NC(=O)C2COCCN2)c1. The first-order valence-electron chi connectivity index (χ1n) is 6.15. The molecular formula is C13H17N3O3. The van der Waals surface area contributed by atoms with Crippen LogP contribution in [0.2, 0.25) is 0 Å². The average molecular weight is 263 g/mol. The molecule has 1 aliphatic heterocycles. The summed E-state index contributed by atoms with van der Waals surface area (Å²) >= 11 is 0. The number of rotatable bonds is 3. The largest absolute Gasteiger partial charge is 0.378 e. The zero-order chi connectivity index (χ0) is 13.7. The van der Waals surface area contributed by atoms with E-state index in [2.05, 4.69) is 16.0 Å². The summed E-state index contributed by atoms with van der Waals surface area (Å²) in [6.45, 7) is 1.65. The van der Waals surface area contributed by atoms with Crippen LogP contribution >= 0.6 is 0 Å². The molecule has 0 saturated carbocycles. The van der Waals surface area contributed by atoms with Crippen molar-refractivity contribution < 1.29 is 14.3 Å². The van der Waals surface area contributed by atoms with E-state index in [0.717, 1.165) is 0 Å². The van der Waals surface area contributed by atoms with Gasteiger partial charge in [-0.1, -0.05) is 6.07 Å². The average Bonchev–Trinajstić information content (AvgIpc) is 2.47. The van der Waals surface area contributed by atoms with E-state index in [-0.39, 0.29) is 17.9 Å². The third kappa shape index (κ3) is 3.52. The van der Waals surface area contributed by atoms with Crippen LogP contribution < -0.4 is 16.0 Å². The summed E-state index contributed by atoms with van der Waals surface area (Å²) in [6, 6.07) is 6.45. The maximum atomic E-state index is 12.0. The van der Waals surface area contributed by atoms with E-state index >= 15 is 0 Å². The van der Waals surface area contributed by atoms with Gasteiger partial charge in [-0.25, -0.2) is 0 Å². The highest BCUT2D eigenvalue weighted by Crippen LogP contribution is 2.11. The molecule has 1 fully saturated rings. The van der Waals surface area contributed by atoms with E-state index in [4.69, 9.17) is 4.74 Å². The van der Waals surface area contributed by atoms with Gasteiger partial charge in [-0.05, 0) is 18.2 Å². The van der Waals surface area contributed by atoms with E-state index in [1.165, 1.54) is 0 Å². The quantitative estimate of drug-likeness (QED) is 0.715. The van der Waals surface area contributed by atoms with Gasteiger partial charge in [0.1, 0.15) is 6.04 Å². The van der Waals surface area contributed by atoms with Crippen molar-refractivity contribution in [2.45, 2.75) is 6.04 Å². The molecular weight excluding hydrogens is 246 g/mol. The van der Waals surface area contributed by atoms with Crippen LogP contribution in [0.1, 0.15) is 10.4 Å². The zero-order valence-electron chi connectivity index (χ0n) is 10.7. The van der Waals surface area contributed by atoms with Crippen LogP contribution in [0.25, 0.3) is 0 Å². The van der Waals surface area contributed by atoms with Crippen molar-refractivity contribution in [3.63, 3.8) is 0 Å². The van der Waals surface area contributed by atoms with Crippen molar-refractivity contribution in [3.05, 3.63) is 29.8 Å². The van der Waals surface area contributed by atoms with Crippen molar-refractivity contribution in [1.29, 1.82) is 0 Å². The zero-order valence-corrected chi connectivity index (χ0v) is 10.7. The van der Waals surface area contributed by atoms with Crippen molar-refractivity contribution in [2.75, 3.05) is 32.1 Å². The fourth-order valence-electron chi connectivity index (χ4n) is 1.85. The molecule has 6 nitrogen and oxygen atoms in total. The van der Waals surface area contributed by atoms with E-state index in [1.54, 1.807) is 31.3 Å². The van der Waals surface area contributed by atoms with Crippen LogP contribution in [-0.4, -0.2) is 44.7 Å². The van der Waals surface area contributed by atoms with Gasteiger partial charge in [0, 0.05) is 24.8 Å². The summed E-state index contributed by atoms with van der Waals surface area (Å²) in [5, 5.41) is 8.38. The Labute approximate surface area is 111 Å². The molecule has 102 valence electrons. The second kappa shape index (κ2) is 6.31. The molecule has 19 heavy (non-hydrogen) atoms. The van der Waals surface area contributed by atoms with Crippen LogP contribution in [0.5, 0.6) is 0 Å². The second-order valence-electron chi connectivity index (χ2n) is 4.23. The smallest absolute Gasteiger partial charge is 0.251 e. The minimum absolute atomic E-state index is 0.159. The molecule has 1 aromatic rings. The molecule has 1 aromatic carbocycles. The van der Waals surface area contributed by atoms with Crippen molar-refractivity contribution in [2.24, 2.45) is 0 Å². The number of ether oxygens (including phenoxy) is 1. The summed E-state index contributed by atoms with van der Waals surface area (Å²) in [5.74, 6) is -0.344. The molecule has 1 unspecified atom stereocenters. The minimum atomic E-state index is -0.350. The Balaban J connectivity index is 2.02. The first kappa shape index (κ1) is 13.5. The van der Waals surface area contributed by atoms with Gasteiger partial charge in [-0.3, -0.25) is 9.59 Å². The Morgan fingerprint density at radius 1 is 1.42 bits per heavy atom. The highest BCUT2D eigenvalue weighted by molar-refractivity contribution is 5.98. The fraction of sp³-hybridized carbons (Fsp3) is 0.385. The van der Waals surface area contributed by atoms with E-state index in [0.29, 0.717) is 31.0 Å². The molecule has 0 radical (unpaired) electrons. The third-order valence-corrected chi connectivity index (χ3v) is 2.86. The lowest BCUT2D eigenvalue weighted by Gasteiger charge is -2.22. The highest BCUT2D eigenvalue weighted by Gasteiger charge is 2.21. The number of carbonyl (C=O) groups is 2. The lowest BCUT2D eigenvalue weighted by Crippen LogP contribution is -2.48. The number of benzene rings is 1. The van der Waals surface area contributed by atoms with Crippen molar-refractivity contribution >= 4 is 17.5 Å². The van der Waals surface area contributed by atoms with Crippen LogP contribution in [0.3, 0.4) is 0 Å². The number of carbonyl (C=O) groups excluding carboxylic acids is 2. The lowest BCUT2D eigenvalue weighted by atomic mass is 10.1. The van der Waals surface area contributed by atoms with Gasteiger partial charge >= 0.3 is 0 Å². The Hall–Kier alpha value is -1.92. The predicted molar refractivity (Wildman–Crippen MR) is 71.1 cm³/mol. The molecule has 2 rings (SSSR count). The molecule has 0 spiro atoms. The van der Waals surface area contributed by atoms with Crippen molar-refractivity contribution in [3.8, 4) is 0 Å². The summed E-state index contributed by atoms with van der Waals surface area (Å²) in [6.07, 6.45) is 0. The van der Waals surface area contributed by atoms with Gasteiger partial charge in [0.25, 0.3) is 5.91 Å². The van der Waals surface area contributed by atoms with E-state index < -0.39 is 0 Å². The molecule has 6 heteroatoms. The summed E-state index contributed by atoms with van der Waals surface area (Å²) in [4.78, 5) is 23.5. The van der Waals surface area contributed by atoms with Crippen LogP contribution in [-0.2, 0) is 9.53 Å². The molecule has 1 saturated heterocycles. The van der Waals surface area contributed by atoms with E-state index in [1.807, 2.05) is 0 Å². The van der Waals surface area contributed by atoms with Gasteiger partial charge in [-0.15, -0.1) is 0 Å². The first-order chi connectivity index (χ1) is 9.20. The maximum Gasteiger partial charge on any atom is 0.251 e. The second-order valence-corrected chi connectivity index (χ2v) is 4.23. The Bertz CT molecular complexity index is 470. The Morgan fingerprint density at radius 2 is 2.26 bits per heavy atom. The third-order valence-electron chi connectivity index (χ3n) is 2.86. The summed E-state index contributed by atoms with van der Waals surface area (Å²) in [7, 11) is 1.57. The summed E-state index contributed by atoms with van der Waals surface area (Å²) in [5.41, 5.74) is 1.10. The van der Waals surface area contributed by atoms with Crippen LogP contribution in [0.4, 0.5) is 5.69 Å². The standard InChI is InChI=1S/C13H17N3O3/c1-14-12(17)9-3-2-4-10(7-9)16-13(18)11-8-19-6-5-15-11/h2-4,7,11,15H,5-6,8H2,1H3,(H,14,17)(H,16,18). The molecule has 0 aromatic heterocycles. The van der Waals surface area contributed by atoms with Gasteiger partial charge in [0.2, 0.25) is 5.91 Å². The monoisotopic (exact) mass is 263 g/mol. The number of hydrogen-bond acceptors (Lipinski definition) is 4. The lowest BCUT2D eigenvalue weighted by molar-refractivity contribution is -0.120.